The van der Waals surface area contributed by atoms with E-state index >= 15 is 0 Å². The van der Waals surface area contributed by atoms with Gasteiger partial charge in [0, 0.05) is 16.8 Å². The number of phenolic OH excluding ortho intramolecular Hbond substituents is 1. The lowest BCUT2D eigenvalue weighted by Gasteiger charge is -2.07. The summed E-state index contributed by atoms with van der Waals surface area (Å²) in [5.74, 6) is -1.61. The van der Waals surface area contributed by atoms with Crippen molar-refractivity contribution in [3.63, 3.8) is 0 Å². The van der Waals surface area contributed by atoms with Crippen molar-refractivity contribution in [1.29, 1.82) is 0 Å². The van der Waals surface area contributed by atoms with E-state index < -0.39 is 11.7 Å². The molecule has 5 heteroatoms. The zero-order chi connectivity index (χ0) is 14.0. The highest BCUT2D eigenvalue weighted by Crippen LogP contribution is 2.21. The van der Waals surface area contributed by atoms with E-state index in [0.717, 1.165) is 11.6 Å². The molecule has 0 atom stereocenters. The Hall–Kier alpha value is -2.07. The summed E-state index contributed by atoms with van der Waals surface area (Å²) in [5.41, 5.74) is 1.22. The van der Waals surface area contributed by atoms with E-state index in [1.165, 1.54) is 12.1 Å². The number of benzene rings is 2. The van der Waals surface area contributed by atoms with Crippen LogP contribution in [0.4, 0.5) is 10.1 Å². The van der Waals surface area contributed by atoms with Gasteiger partial charge in [-0.15, -0.1) is 0 Å². The SMILES string of the molecule is Cc1ccc(NC(=O)c2ccc(O)cc2F)cc1Cl. The van der Waals surface area contributed by atoms with Crippen LogP contribution in [0.1, 0.15) is 15.9 Å². The van der Waals surface area contributed by atoms with Gasteiger partial charge in [-0.2, -0.15) is 0 Å². The van der Waals surface area contributed by atoms with Gasteiger partial charge in [0.1, 0.15) is 11.6 Å². The zero-order valence-corrected chi connectivity index (χ0v) is 10.8. The third kappa shape index (κ3) is 3.03. The molecule has 0 aliphatic carbocycles. The minimum atomic E-state index is -0.782. The number of halogens is 2. The first-order valence-electron chi connectivity index (χ1n) is 5.53. The Kier molecular flexibility index (Phi) is 3.71. The van der Waals surface area contributed by atoms with Gasteiger partial charge in [0.05, 0.1) is 5.56 Å². The molecule has 1 amide bonds. The van der Waals surface area contributed by atoms with Gasteiger partial charge >= 0.3 is 0 Å². The van der Waals surface area contributed by atoms with Crippen molar-refractivity contribution >= 4 is 23.2 Å². The summed E-state index contributed by atoms with van der Waals surface area (Å²) in [6, 6.07) is 8.38. The second kappa shape index (κ2) is 5.28. The Morgan fingerprint density at radius 2 is 2.00 bits per heavy atom. The van der Waals surface area contributed by atoms with E-state index in [-0.39, 0.29) is 11.3 Å². The third-order valence-electron chi connectivity index (χ3n) is 2.63. The Morgan fingerprint density at radius 1 is 1.26 bits per heavy atom. The molecule has 2 aromatic carbocycles. The predicted molar refractivity (Wildman–Crippen MR) is 72.2 cm³/mol. The Balaban J connectivity index is 2.23. The van der Waals surface area contributed by atoms with Crippen LogP contribution in [-0.2, 0) is 0 Å². The number of hydrogen-bond acceptors (Lipinski definition) is 2. The fourth-order valence-electron chi connectivity index (χ4n) is 1.56. The molecule has 0 bridgehead atoms. The van der Waals surface area contributed by atoms with Crippen LogP contribution in [-0.4, -0.2) is 11.0 Å². The molecule has 0 saturated heterocycles. The number of anilines is 1. The van der Waals surface area contributed by atoms with Crippen molar-refractivity contribution in [3.8, 4) is 5.75 Å². The first-order valence-corrected chi connectivity index (χ1v) is 5.91. The number of phenols is 1. The Labute approximate surface area is 114 Å². The van der Waals surface area contributed by atoms with E-state index in [1.54, 1.807) is 18.2 Å². The molecular formula is C14H11ClFNO2. The monoisotopic (exact) mass is 279 g/mol. The molecule has 98 valence electrons. The number of aryl methyl sites for hydroxylation is 1. The summed E-state index contributed by atoms with van der Waals surface area (Å²) in [7, 11) is 0. The van der Waals surface area contributed by atoms with Crippen LogP contribution in [0.3, 0.4) is 0 Å². The molecule has 0 unspecified atom stereocenters. The fraction of sp³-hybridized carbons (Fsp3) is 0.0714. The molecule has 0 fully saturated rings. The molecule has 0 saturated carbocycles. The van der Waals surface area contributed by atoms with Crippen molar-refractivity contribution in [1.82, 2.24) is 0 Å². The van der Waals surface area contributed by atoms with E-state index in [4.69, 9.17) is 16.7 Å². The van der Waals surface area contributed by atoms with Crippen LogP contribution in [0, 0.1) is 12.7 Å². The smallest absolute Gasteiger partial charge is 0.258 e. The molecule has 19 heavy (non-hydrogen) atoms. The van der Waals surface area contributed by atoms with Crippen LogP contribution in [0.15, 0.2) is 36.4 Å². The average molecular weight is 280 g/mol. The number of carbonyl (C=O) groups is 1. The molecular weight excluding hydrogens is 269 g/mol. The minimum absolute atomic E-state index is 0.144. The molecule has 2 N–H and O–H groups in total. The average Bonchev–Trinajstić information content (AvgIpc) is 2.33. The van der Waals surface area contributed by atoms with E-state index in [9.17, 15) is 9.18 Å². The second-order valence-electron chi connectivity index (χ2n) is 4.08. The first kappa shape index (κ1) is 13.4. The van der Waals surface area contributed by atoms with Crippen molar-refractivity contribution in [2.75, 3.05) is 5.32 Å². The highest BCUT2D eigenvalue weighted by Gasteiger charge is 2.12. The Morgan fingerprint density at radius 3 is 2.63 bits per heavy atom. The summed E-state index contributed by atoms with van der Waals surface area (Å²) in [4.78, 5) is 11.9. The quantitative estimate of drug-likeness (QED) is 0.880. The maximum atomic E-state index is 13.5. The molecule has 0 radical (unpaired) electrons. The van der Waals surface area contributed by atoms with Gasteiger partial charge in [0.25, 0.3) is 5.91 Å². The normalized spacial score (nSPS) is 10.3. The van der Waals surface area contributed by atoms with Crippen LogP contribution in [0.25, 0.3) is 0 Å². The second-order valence-corrected chi connectivity index (χ2v) is 4.49. The van der Waals surface area contributed by atoms with Crippen LogP contribution in [0.5, 0.6) is 5.75 Å². The highest BCUT2D eigenvalue weighted by atomic mass is 35.5. The van der Waals surface area contributed by atoms with Gasteiger partial charge in [-0.3, -0.25) is 4.79 Å². The lowest BCUT2D eigenvalue weighted by atomic mass is 10.1. The molecule has 0 heterocycles. The van der Waals surface area contributed by atoms with E-state index in [1.807, 2.05) is 6.92 Å². The summed E-state index contributed by atoms with van der Waals surface area (Å²) in [5, 5.41) is 12.1. The topological polar surface area (TPSA) is 49.3 Å². The number of hydrogen-bond donors (Lipinski definition) is 2. The highest BCUT2D eigenvalue weighted by molar-refractivity contribution is 6.31. The molecule has 0 spiro atoms. The van der Waals surface area contributed by atoms with Crippen molar-refractivity contribution in [2.24, 2.45) is 0 Å². The van der Waals surface area contributed by atoms with Crippen LogP contribution >= 0.6 is 11.6 Å². The van der Waals surface area contributed by atoms with Crippen LogP contribution < -0.4 is 5.32 Å². The largest absolute Gasteiger partial charge is 0.508 e. The summed E-state index contributed by atoms with van der Waals surface area (Å²) >= 11 is 5.94. The third-order valence-corrected chi connectivity index (χ3v) is 3.03. The van der Waals surface area contributed by atoms with Crippen molar-refractivity contribution < 1.29 is 14.3 Å². The van der Waals surface area contributed by atoms with Gasteiger partial charge in [-0.25, -0.2) is 4.39 Å². The van der Waals surface area contributed by atoms with Gasteiger partial charge < -0.3 is 10.4 Å². The molecule has 0 aliphatic heterocycles. The number of amides is 1. The van der Waals surface area contributed by atoms with Gasteiger partial charge in [-0.05, 0) is 36.8 Å². The maximum absolute atomic E-state index is 13.5. The van der Waals surface area contributed by atoms with Gasteiger partial charge in [0.15, 0.2) is 0 Å². The number of carbonyl (C=O) groups excluding carboxylic acids is 1. The molecule has 2 aromatic rings. The number of rotatable bonds is 2. The molecule has 3 nitrogen and oxygen atoms in total. The van der Waals surface area contributed by atoms with Crippen molar-refractivity contribution in [2.45, 2.75) is 6.92 Å². The minimum Gasteiger partial charge on any atom is -0.508 e. The first-order chi connectivity index (χ1) is 8.97. The summed E-state index contributed by atoms with van der Waals surface area (Å²) in [6.45, 7) is 1.84. The van der Waals surface area contributed by atoms with E-state index in [2.05, 4.69) is 5.32 Å². The standard InChI is InChI=1S/C14H11ClFNO2/c1-8-2-3-9(6-12(8)15)17-14(19)11-5-4-10(18)7-13(11)16/h2-7,18H,1H3,(H,17,19). The summed E-state index contributed by atoms with van der Waals surface area (Å²) in [6.07, 6.45) is 0. The fourth-order valence-corrected chi connectivity index (χ4v) is 1.74. The number of nitrogens with one attached hydrogen (secondary N) is 1. The summed E-state index contributed by atoms with van der Waals surface area (Å²) < 4.78 is 13.5. The molecule has 2 rings (SSSR count). The molecule has 0 aromatic heterocycles. The maximum Gasteiger partial charge on any atom is 0.258 e. The van der Waals surface area contributed by atoms with Gasteiger partial charge in [0.2, 0.25) is 0 Å². The number of aromatic hydroxyl groups is 1. The zero-order valence-electron chi connectivity index (χ0n) is 10.1. The lowest BCUT2D eigenvalue weighted by molar-refractivity contribution is 0.102. The Bertz CT molecular complexity index is 643. The molecule has 0 aliphatic rings. The van der Waals surface area contributed by atoms with Crippen molar-refractivity contribution in [3.05, 3.63) is 58.4 Å². The van der Waals surface area contributed by atoms with Gasteiger partial charge in [-0.1, -0.05) is 17.7 Å². The predicted octanol–water partition coefficient (Wildman–Crippen LogP) is 3.75. The van der Waals surface area contributed by atoms with E-state index in [0.29, 0.717) is 10.7 Å². The van der Waals surface area contributed by atoms with Crippen LogP contribution in [0.2, 0.25) is 5.02 Å². The lowest BCUT2D eigenvalue weighted by Crippen LogP contribution is -2.13.